The summed E-state index contributed by atoms with van der Waals surface area (Å²) in [5.74, 6) is -2.18. The van der Waals surface area contributed by atoms with Crippen LogP contribution in [0.3, 0.4) is 0 Å². The number of rotatable bonds is 12. The molecule has 2 rings (SSSR count). The van der Waals surface area contributed by atoms with Crippen LogP contribution in [0.4, 0.5) is 0 Å². The first-order chi connectivity index (χ1) is 16.0. The quantitative estimate of drug-likeness (QED) is 0.184. The standard InChI is InChI=1S/C21H25Cl2N5O5S/c22-15-9-14(10-16(23)11-15)12-28(34(32,33)17-5-2-1-3-6-17)13-19(29)27-18(20(30)31)7-4-8-26-21(24)25/h1-3,5-6,9-11,18H,4,7-8,12-13H2,(H,27,29)(H,30,31)(H4,24,25,26). The molecule has 0 radical (unpaired) electrons. The molecule has 13 heteroatoms. The monoisotopic (exact) mass is 529 g/mol. The Labute approximate surface area is 207 Å². The minimum absolute atomic E-state index is 0.0251. The van der Waals surface area contributed by atoms with Crippen molar-refractivity contribution in [3.8, 4) is 0 Å². The van der Waals surface area contributed by atoms with Crippen molar-refractivity contribution in [2.24, 2.45) is 16.5 Å². The summed E-state index contributed by atoms with van der Waals surface area (Å²) in [6.45, 7) is -0.655. The molecular weight excluding hydrogens is 505 g/mol. The number of nitrogens with one attached hydrogen (secondary N) is 1. The van der Waals surface area contributed by atoms with E-state index in [1.54, 1.807) is 18.2 Å². The number of aliphatic imine (C=N–C) groups is 1. The number of aliphatic carboxylic acids is 1. The fourth-order valence-electron chi connectivity index (χ4n) is 3.03. The molecule has 0 aliphatic rings. The van der Waals surface area contributed by atoms with Gasteiger partial charge in [0, 0.05) is 23.1 Å². The Bertz CT molecular complexity index is 1120. The first-order valence-corrected chi connectivity index (χ1v) is 12.3. The summed E-state index contributed by atoms with van der Waals surface area (Å²) < 4.78 is 27.5. The normalized spacial score (nSPS) is 12.2. The average molecular weight is 530 g/mol. The summed E-state index contributed by atoms with van der Waals surface area (Å²) in [6.07, 6.45) is 0.343. The molecule has 2 aromatic rings. The average Bonchev–Trinajstić information content (AvgIpc) is 2.75. The summed E-state index contributed by atoms with van der Waals surface area (Å²) in [6, 6.07) is 10.9. The fourth-order valence-corrected chi connectivity index (χ4v) is 5.01. The molecule has 0 saturated heterocycles. The summed E-state index contributed by atoms with van der Waals surface area (Å²) in [5.41, 5.74) is 10.9. The largest absolute Gasteiger partial charge is 0.480 e. The molecule has 0 aliphatic carbocycles. The van der Waals surface area contributed by atoms with E-state index >= 15 is 0 Å². The lowest BCUT2D eigenvalue weighted by atomic mass is 10.1. The van der Waals surface area contributed by atoms with E-state index in [2.05, 4.69) is 10.3 Å². The molecule has 0 saturated carbocycles. The maximum atomic E-state index is 13.3. The van der Waals surface area contributed by atoms with Crippen LogP contribution in [0.25, 0.3) is 0 Å². The van der Waals surface area contributed by atoms with Gasteiger partial charge in [0.05, 0.1) is 11.4 Å². The van der Waals surface area contributed by atoms with Gasteiger partial charge < -0.3 is 21.9 Å². The van der Waals surface area contributed by atoms with E-state index in [-0.39, 0.29) is 30.4 Å². The first-order valence-electron chi connectivity index (χ1n) is 10.1. The Morgan fingerprint density at radius 1 is 1.09 bits per heavy atom. The van der Waals surface area contributed by atoms with Crippen LogP contribution in [-0.4, -0.2) is 54.8 Å². The number of hydrogen-bond donors (Lipinski definition) is 4. The van der Waals surface area contributed by atoms with E-state index in [0.717, 1.165) is 4.31 Å². The van der Waals surface area contributed by atoms with Gasteiger partial charge in [0.15, 0.2) is 5.96 Å². The predicted octanol–water partition coefficient (Wildman–Crippen LogP) is 1.81. The Morgan fingerprint density at radius 2 is 1.71 bits per heavy atom. The molecule has 1 amide bonds. The molecule has 0 spiro atoms. The number of nitrogens with two attached hydrogens (primary N) is 2. The highest BCUT2D eigenvalue weighted by atomic mass is 35.5. The summed E-state index contributed by atoms with van der Waals surface area (Å²) in [7, 11) is -4.11. The lowest BCUT2D eigenvalue weighted by Gasteiger charge is -2.23. The predicted molar refractivity (Wildman–Crippen MR) is 130 cm³/mol. The molecule has 0 bridgehead atoms. The third-order valence-electron chi connectivity index (χ3n) is 4.56. The van der Waals surface area contributed by atoms with E-state index in [0.29, 0.717) is 22.0 Å². The molecular formula is C21H25Cl2N5O5S. The summed E-state index contributed by atoms with van der Waals surface area (Å²) in [5, 5.41) is 12.4. The second-order valence-corrected chi connectivity index (χ2v) is 10.1. The number of carboxylic acids is 1. The minimum Gasteiger partial charge on any atom is -0.480 e. The number of hydrogen-bond acceptors (Lipinski definition) is 5. The zero-order valence-corrected chi connectivity index (χ0v) is 20.4. The van der Waals surface area contributed by atoms with Crippen molar-refractivity contribution in [1.82, 2.24) is 9.62 Å². The van der Waals surface area contributed by atoms with Crippen molar-refractivity contribution in [3.63, 3.8) is 0 Å². The van der Waals surface area contributed by atoms with Crippen molar-refractivity contribution in [1.29, 1.82) is 0 Å². The van der Waals surface area contributed by atoms with Crippen LogP contribution in [0.15, 0.2) is 58.4 Å². The van der Waals surface area contributed by atoms with Crippen LogP contribution in [0.5, 0.6) is 0 Å². The zero-order valence-electron chi connectivity index (χ0n) is 18.0. The number of sulfonamides is 1. The van der Waals surface area contributed by atoms with Crippen molar-refractivity contribution >= 4 is 51.1 Å². The molecule has 0 heterocycles. The van der Waals surface area contributed by atoms with Crippen LogP contribution in [0.2, 0.25) is 10.0 Å². The van der Waals surface area contributed by atoms with Crippen LogP contribution in [0, 0.1) is 0 Å². The Balaban J connectivity index is 2.23. The van der Waals surface area contributed by atoms with Gasteiger partial charge >= 0.3 is 5.97 Å². The molecule has 34 heavy (non-hydrogen) atoms. The van der Waals surface area contributed by atoms with E-state index in [1.807, 2.05) is 0 Å². The maximum absolute atomic E-state index is 13.3. The third kappa shape index (κ3) is 8.49. The van der Waals surface area contributed by atoms with E-state index in [1.165, 1.54) is 30.3 Å². The Kier molecular flexibility index (Phi) is 10.1. The van der Waals surface area contributed by atoms with E-state index in [4.69, 9.17) is 34.7 Å². The van der Waals surface area contributed by atoms with Crippen molar-refractivity contribution < 1.29 is 23.1 Å². The van der Waals surface area contributed by atoms with Gasteiger partial charge in [-0.05, 0) is 48.7 Å². The van der Waals surface area contributed by atoms with Crippen LogP contribution in [-0.2, 0) is 26.2 Å². The van der Waals surface area contributed by atoms with Crippen molar-refractivity contribution in [3.05, 3.63) is 64.1 Å². The minimum atomic E-state index is -4.11. The smallest absolute Gasteiger partial charge is 0.326 e. The SMILES string of the molecule is NC(N)=NCCCC(NC(=O)CN(Cc1cc(Cl)cc(Cl)c1)S(=O)(=O)c1ccccc1)C(=O)O. The number of nitrogens with zero attached hydrogens (tertiary/aromatic N) is 2. The van der Waals surface area contributed by atoms with Gasteiger partial charge in [0.2, 0.25) is 15.9 Å². The van der Waals surface area contributed by atoms with Crippen LogP contribution >= 0.6 is 23.2 Å². The van der Waals surface area contributed by atoms with Gasteiger partial charge in [0.25, 0.3) is 0 Å². The topological polar surface area (TPSA) is 168 Å². The summed E-state index contributed by atoms with van der Waals surface area (Å²) in [4.78, 5) is 28.0. The highest BCUT2D eigenvalue weighted by molar-refractivity contribution is 7.89. The van der Waals surface area contributed by atoms with Crippen LogP contribution in [0.1, 0.15) is 18.4 Å². The molecule has 1 unspecified atom stereocenters. The highest BCUT2D eigenvalue weighted by Crippen LogP contribution is 2.23. The second kappa shape index (κ2) is 12.6. The second-order valence-electron chi connectivity index (χ2n) is 7.27. The van der Waals surface area contributed by atoms with E-state index in [9.17, 15) is 23.1 Å². The number of halogens is 2. The van der Waals surface area contributed by atoms with Gasteiger partial charge in [0.1, 0.15) is 6.04 Å². The highest BCUT2D eigenvalue weighted by Gasteiger charge is 2.29. The van der Waals surface area contributed by atoms with Crippen molar-refractivity contribution in [2.75, 3.05) is 13.1 Å². The number of carbonyl (C=O) groups is 2. The van der Waals surface area contributed by atoms with Gasteiger partial charge in [-0.2, -0.15) is 4.31 Å². The fraction of sp³-hybridized carbons (Fsp3) is 0.286. The Hall–Kier alpha value is -2.86. The van der Waals surface area contributed by atoms with Gasteiger partial charge in [-0.3, -0.25) is 9.79 Å². The number of carboxylic acid groups (broad SMARTS) is 1. The molecule has 2 aromatic carbocycles. The number of benzene rings is 2. The Morgan fingerprint density at radius 3 is 2.26 bits per heavy atom. The molecule has 0 aromatic heterocycles. The zero-order chi connectivity index (χ0) is 25.3. The molecule has 0 aliphatic heterocycles. The molecule has 184 valence electrons. The van der Waals surface area contributed by atoms with Crippen LogP contribution < -0.4 is 16.8 Å². The first kappa shape index (κ1) is 27.4. The number of carbonyl (C=O) groups excluding carboxylic acids is 1. The maximum Gasteiger partial charge on any atom is 0.326 e. The number of amides is 1. The molecule has 0 fully saturated rings. The van der Waals surface area contributed by atoms with Gasteiger partial charge in [-0.15, -0.1) is 0 Å². The molecule has 6 N–H and O–H groups in total. The van der Waals surface area contributed by atoms with Gasteiger partial charge in [-0.1, -0.05) is 41.4 Å². The third-order valence-corrected chi connectivity index (χ3v) is 6.80. The molecule has 1 atom stereocenters. The lowest BCUT2D eigenvalue weighted by molar-refractivity contribution is -0.142. The molecule has 10 nitrogen and oxygen atoms in total. The van der Waals surface area contributed by atoms with E-state index < -0.39 is 34.5 Å². The summed E-state index contributed by atoms with van der Waals surface area (Å²) >= 11 is 12.1. The number of guanidine groups is 1. The van der Waals surface area contributed by atoms with Crippen molar-refractivity contribution in [2.45, 2.75) is 30.3 Å². The van der Waals surface area contributed by atoms with Gasteiger partial charge in [-0.25, -0.2) is 13.2 Å². The lowest BCUT2D eigenvalue weighted by Crippen LogP contribution is -2.46.